The summed E-state index contributed by atoms with van der Waals surface area (Å²) in [4.78, 5) is 5.74. The zero-order chi connectivity index (χ0) is 15.1. The predicted molar refractivity (Wildman–Crippen MR) is 75.2 cm³/mol. The maximum Gasteiger partial charge on any atom is 0.433 e. The van der Waals surface area contributed by atoms with Gasteiger partial charge in [-0.15, -0.1) is 0 Å². The van der Waals surface area contributed by atoms with Crippen LogP contribution in [0.15, 0.2) is 18.3 Å². The summed E-state index contributed by atoms with van der Waals surface area (Å²) in [5, 5.41) is 3.61. The highest BCUT2D eigenvalue weighted by molar-refractivity contribution is 5.46. The van der Waals surface area contributed by atoms with Crippen molar-refractivity contribution >= 4 is 5.69 Å². The lowest BCUT2D eigenvalue weighted by molar-refractivity contribution is -0.141. The van der Waals surface area contributed by atoms with Gasteiger partial charge in [0.2, 0.25) is 0 Å². The Morgan fingerprint density at radius 2 is 2.10 bits per heavy atom. The van der Waals surface area contributed by atoms with Crippen molar-refractivity contribution in [2.75, 3.05) is 24.5 Å². The molecule has 116 valence electrons. The Labute approximate surface area is 122 Å². The first-order valence-corrected chi connectivity index (χ1v) is 7.42. The quantitative estimate of drug-likeness (QED) is 0.909. The molecule has 1 N–H and O–H groups in total. The Hall–Kier alpha value is -1.30. The number of hydrogen-bond acceptors (Lipinski definition) is 3. The molecule has 0 amide bonds. The molecule has 0 bridgehead atoms. The van der Waals surface area contributed by atoms with Gasteiger partial charge >= 0.3 is 6.18 Å². The number of halogens is 3. The van der Waals surface area contributed by atoms with Gasteiger partial charge in [-0.1, -0.05) is 0 Å². The summed E-state index contributed by atoms with van der Waals surface area (Å²) in [7, 11) is 0. The molecule has 0 radical (unpaired) electrons. The first kappa shape index (κ1) is 14.6. The second-order valence-electron chi connectivity index (χ2n) is 6.29. The van der Waals surface area contributed by atoms with Gasteiger partial charge < -0.3 is 10.2 Å². The minimum atomic E-state index is -4.37. The topological polar surface area (TPSA) is 28.2 Å². The van der Waals surface area contributed by atoms with E-state index in [-0.39, 0.29) is 5.54 Å². The van der Waals surface area contributed by atoms with Crippen LogP contribution in [-0.4, -0.2) is 30.2 Å². The third-order valence-electron chi connectivity index (χ3n) is 4.53. The third-order valence-corrected chi connectivity index (χ3v) is 4.53. The average molecular weight is 299 g/mol. The summed E-state index contributed by atoms with van der Waals surface area (Å²) in [6.07, 6.45) is 0.442. The molecule has 1 saturated carbocycles. The van der Waals surface area contributed by atoms with Crippen molar-refractivity contribution in [2.24, 2.45) is 5.92 Å². The molecule has 2 heterocycles. The zero-order valence-electron chi connectivity index (χ0n) is 12.1. The van der Waals surface area contributed by atoms with Crippen LogP contribution in [0.5, 0.6) is 0 Å². The molecule has 1 unspecified atom stereocenters. The van der Waals surface area contributed by atoms with E-state index in [0.29, 0.717) is 5.92 Å². The van der Waals surface area contributed by atoms with E-state index in [2.05, 4.69) is 22.1 Å². The van der Waals surface area contributed by atoms with Crippen molar-refractivity contribution in [3.63, 3.8) is 0 Å². The highest BCUT2D eigenvalue weighted by Crippen LogP contribution is 2.41. The summed E-state index contributed by atoms with van der Waals surface area (Å²) in [5.41, 5.74) is 0.00173. The molecule has 0 spiro atoms. The third kappa shape index (κ3) is 3.15. The van der Waals surface area contributed by atoms with Crippen molar-refractivity contribution in [3.05, 3.63) is 24.0 Å². The summed E-state index contributed by atoms with van der Waals surface area (Å²) >= 11 is 0. The van der Waals surface area contributed by atoms with Crippen LogP contribution in [0.2, 0.25) is 0 Å². The molecule has 6 heteroatoms. The van der Waals surface area contributed by atoms with Crippen molar-refractivity contribution in [1.82, 2.24) is 10.3 Å². The van der Waals surface area contributed by atoms with Crippen LogP contribution in [0.3, 0.4) is 0 Å². The lowest BCUT2D eigenvalue weighted by Crippen LogP contribution is -2.51. The molecule has 1 aromatic heterocycles. The van der Waals surface area contributed by atoms with E-state index in [1.807, 2.05) is 0 Å². The maximum atomic E-state index is 12.6. The molecule has 0 aromatic carbocycles. The fourth-order valence-electron chi connectivity index (χ4n) is 3.13. The van der Waals surface area contributed by atoms with Gasteiger partial charge in [-0.25, -0.2) is 4.98 Å². The molecule has 1 aliphatic heterocycles. The lowest BCUT2D eigenvalue weighted by atomic mass is 9.95. The molecule has 21 heavy (non-hydrogen) atoms. The van der Waals surface area contributed by atoms with Gasteiger partial charge in [-0.2, -0.15) is 13.2 Å². The molecule has 1 saturated heterocycles. The number of hydrogen-bond donors (Lipinski definition) is 1. The molecule has 1 aromatic rings. The van der Waals surface area contributed by atoms with Crippen LogP contribution in [0.25, 0.3) is 0 Å². The Kier molecular flexibility index (Phi) is 3.59. The number of aromatic nitrogens is 1. The number of nitrogens with one attached hydrogen (secondary N) is 1. The summed E-state index contributed by atoms with van der Waals surface area (Å²) < 4.78 is 37.7. The predicted octanol–water partition coefficient (Wildman–Crippen LogP) is 3.07. The van der Waals surface area contributed by atoms with E-state index in [4.69, 9.17) is 0 Å². The summed E-state index contributed by atoms with van der Waals surface area (Å²) in [6.45, 7) is 4.85. The molecule has 2 aliphatic rings. The van der Waals surface area contributed by atoms with Crippen molar-refractivity contribution < 1.29 is 13.2 Å². The molecule has 1 aliphatic carbocycles. The minimum absolute atomic E-state index is 0.0548. The smallest absolute Gasteiger partial charge is 0.368 e. The van der Waals surface area contributed by atoms with Crippen LogP contribution in [-0.2, 0) is 6.18 Å². The summed E-state index contributed by atoms with van der Waals surface area (Å²) in [5.74, 6) is 0.681. The number of rotatable bonds is 2. The number of anilines is 1. The van der Waals surface area contributed by atoms with Gasteiger partial charge in [-0.05, 0) is 50.8 Å². The zero-order valence-corrected chi connectivity index (χ0v) is 12.1. The molecule has 3 rings (SSSR count). The monoisotopic (exact) mass is 299 g/mol. The second kappa shape index (κ2) is 5.16. The van der Waals surface area contributed by atoms with Crippen molar-refractivity contribution in [2.45, 2.75) is 37.9 Å². The number of alkyl halides is 3. The standard InChI is InChI=1S/C15H20F3N3/c1-14(11-3-4-11)10-21(8-2-7-20-14)12-5-6-13(19-9-12)15(16,17)18/h5-6,9,11,20H,2-4,7-8,10H2,1H3. The first-order chi connectivity index (χ1) is 9.88. The van der Waals surface area contributed by atoms with Gasteiger partial charge in [0.05, 0.1) is 11.9 Å². The highest BCUT2D eigenvalue weighted by Gasteiger charge is 2.43. The Morgan fingerprint density at radius 1 is 1.33 bits per heavy atom. The van der Waals surface area contributed by atoms with Crippen molar-refractivity contribution in [1.29, 1.82) is 0 Å². The normalized spacial score (nSPS) is 27.5. The lowest BCUT2D eigenvalue weighted by Gasteiger charge is -2.35. The minimum Gasteiger partial charge on any atom is -0.368 e. The van der Waals surface area contributed by atoms with Gasteiger partial charge in [0, 0.05) is 18.6 Å². The summed E-state index contributed by atoms with van der Waals surface area (Å²) in [6, 6.07) is 2.61. The van der Waals surface area contributed by atoms with E-state index in [0.717, 1.165) is 37.8 Å². The van der Waals surface area contributed by atoms with Gasteiger partial charge in [0.1, 0.15) is 5.69 Å². The molecule has 3 nitrogen and oxygen atoms in total. The fraction of sp³-hybridized carbons (Fsp3) is 0.667. The van der Waals surface area contributed by atoms with E-state index in [1.54, 1.807) is 0 Å². The van der Waals surface area contributed by atoms with E-state index >= 15 is 0 Å². The van der Waals surface area contributed by atoms with E-state index in [1.165, 1.54) is 25.1 Å². The molecule has 1 atom stereocenters. The van der Waals surface area contributed by atoms with Gasteiger partial charge in [0.15, 0.2) is 0 Å². The average Bonchev–Trinajstić information content (AvgIpc) is 3.25. The van der Waals surface area contributed by atoms with Crippen molar-refractivity contribution in [3.8, 4) is 0 Å². The second-order valence-corrected chi connectivity index (χ2v) is 6.29. The largest absolute Gasteiger partial charge is 0.433 e. The molecular formula is C15H20F3N3. The van der Waals surface area contributed by atoms with Crippen LogP contribution >= 0.6 is 0 Å². The van der Waals surface area contributed by atoms with Crippen LogP contribution in [0, 0.1) is 5.92 Å². The number of pyridine rings is 1. The maximum absolute atomic E-state index is 12.6. The van der Waals surface area contributed by atoms with E-state index in [9.17, 15) is 13.2 Å². The first-order valence-electron chi connectivity index (χ1n) is 7.42. The Balaban J connectivity index is 1.78. The Bertz CT molecular complexity index is 496. The number of nitrogens with zero attached hydrogens (tertiary/aromatic N) is 2. The SMILES string of the molecule is CC1(C2CC2)CN(c2ccc(C(F)(F)F)nc2)CCCN1. The Morgan fingerprint density at radius 3 is 2.67 bits per heavy atom. The van der Waals surface area contributed by atoms with Gasteiger partial charge in [-0.3, -0.25) is 0 Å². The van der Waals surface area contributed by atoms with Crippen LogP contribution < -0.4 is 10.2 Å². The molecular weight excluding hydrogens is 279 g/mol. The van der Waals surface area contributed by atoms with Gasteiger partial charge in [0.25, 0.3) is 0 Å². The fourth-order valence-corrected chi connectivity index (χ4v) is 3.13. The van der Waals surface area contributed by atoms with Crippen LogP contribution in [0.1, 0.15) is 31.9 Å². The van der Waals surface area contributed by atoms with Crippen LogP contribution in [0.4, 0.5) is 18.9 Å². The van der Waals surface area contributed by atoms with E-state index < -0.39 is 11.9 Å². The highest BCUT2D eigenvalue weighted by atomic mass is 19.4. The molecule has 2 fully saturated rings.